The summed E-state index contributed by atoms with van der Waals surface area (Å²) in [6.07, 6.45) is 4.09. The van der Waals surface area contributed by atoms with Gasteiger partial charge in [0.1, 0.15) is 0 Å². The number of aromatic nitrogens is 3. The average molecular weight is 312 g/mol. The molecule has 1 aliphatic carbocycles. The van der Waals surface area contributed by atoms with E-state index in [-0.39, 0.29) is 0 Å². The molecule has 4 rings (SSSR count). The fourth-order valence-electron chi connectivity index (χ4n) is 2.94. The molecular formula is C16H16N4OS. The van der Waals surface area contributed by atoms with Crippen LogP contribution < -0.4 is 5.73 Å². The molecule has 1 aliphatic rings. The second-order valence-corrected chi connectivity index (χ2v) is 6.46. The maximum Gasteiger partial charge on any atom is 0.258 e. The molecule has 0 atom stereocenters. The molecule has 1 saturated carbocycles. The summed E-state index contributed by atoms with van der Waals surface area (Å²) in [6.45, 7) is 0. The highest BCUT2D eigenvalue weighted by Crippen LogP contribution is 2.35. The van der Waals surface area contributed by atoms with E-state index >= 15 is 0 Å². The third-order valence-electron chi connectivity index (χ3n) is 4.20. The molecule has 5 nitrogen and oxygen atoms in total. The number of hydrogen-bond acceptors (Lipinski definition) is 6. The van der Waals surface area contributed by atoms with Crippen molar-refractivity contribution in [3.8, 4) is 22.7 Å². The number of benzene rings is 1. The molecule has 2 aromatic heterocycles. The van der Waals surface area contributed by atoms with Crippen LogP contribution in [0.5, 0.6) is 0 Å². The van der Waals surface area contributed by atoms with Gasteiger partial charge >= 0.3 is 0 Å². The van der Waals surface area contributed by atoms with Gasteiger partial charge in [-0.1, -0.05) is 30.1 Å². The Morgan fingerprint density at radius 3 is 2.77 bits per heavy atom. The fraction of sp³-hybridized carbons (Fsp3) is 0.312. The first kappa shape index (κ1) is 13.6. The summed E-state index contributed by atoms with van der Waals surface area (Å²) in [5.41, 5.74) is 10.7. The Morgan fingerprint density at radius 2 is 2.00 bits per heavy atom. The molecule has 0 saturated heterocycles. The van der Waals surface area contributed by atoms with Gasteiger partial charge in [0.25, 0.3) is 5.89 Å². The van der Waals surface area contributed by atoms with Gasteiger partial charge in [0.15, 0.2) is 5.82 Å². The normalized spacial score (nSPS) is 17.0. The molecule has 0 amide bonds. The van der Waals surface area contributed by atoms with E-state index in [0.29, 0.717) is 11.7 Å². The van der Waals surface area contributed by atoms with Crippen molar-refractivity contribution < 1.29 is 4.52 Å². The van der Waals surface area contributed by atoms with Gasteiger partial charge < -0.3 is 10.3 Å². The third-order valence-corrected chi connectivity index (χ3v) is 4.79. The zero-order chi connectivity index (χ0) is 15.0. The van der Waals surface area contributed by atoms with Crippen LogP contribution in [0.25, 0.3) is 22.7 Å². The second kappa shape index (κ2) is 5.30. The quantitative estimate of drug-likeness (QED) is 0.799. The Bertz CT molecular complexity index is 775. The monoisotopic (exact) mass is 312 g/mol. The van der Waals surface area contributed by atoms with Gasteiger partial charge in [0.2, 0.25) is 0 Å². The van der Waals surface area contributed by atoms with E-state index in [4.69, 9.17) is 10.3 Å². The molecule has 0 unspecified atom stereocenters. The summed E-state index contributed by atoms with van der Waals surface area (Å²) in [6, 6.07) is 7.98. The fourth-order valence-corrected chi connectivity index (χ4v) is 3.50. The summed E-state index contributed by atoms with van der Waals surface area (Å²) in [4.78, 5) is 8.87. The van der Waals surface area contributed by atoms with Crippen LogP contribution in [0, 0.1) is 0 Å². The highest BCUT2D eigenvalue weighted by molar-refractivity contribution is 7.07. The number of hydrogen-bond donors (Lipinski definition) is 1. The van der Waals surface area contributed by atoms with Crippen molar-refractivity contribution in [1.82, 2.24) is 15.1 Å². The average Bonchev–Trinajstić information content (AvgIpc) is 3.29. The highest BCUT2D eigenvalue weighted by Gasteiger charge is 2.36. The van der Waals surface area contributed by atoms with Crippen LogP contribution in [0.4, 0.5) is 0 Å². The Labute approximate surface area is 132 Å². The lowest BCUT2D eigenvalue weighted by atomic mass is 9.98. The van der Waals surface area contributed by atoms with Gasteiger partial charge in [-0.25, -0.2) is 4.98 Å². The highest BCUT2D eigenvalue weighted by atomic mass is 32.1. The predicted octanol–water partition coefficient (Wildman–Crippen LogP) is 3.59. The Hall–Kier alpha value is -2.05. The molecule has 0 radical (unpaired) electrons. The summed E-state index contributed by atoms with van der Waals surface area (Å²) >= 11 is 1.58. The van der Waals surface area contributed by atoms with E-state index in [1.54, 1.807) is 11.3 Å². The van der Waals surface area contributed by atoms with Gasteiger partial charge in [-0.2, -0.15) is 4.98 Å². The van der Waals surface area contributed by atoms with Crippen molar-refractivity contribution in [1.29, 1.82) is 0 Å². The number of rotatable bonds is 3. The number of thiazole rings is 1. The Kier molecular flexibility index (Phi) is 3.28. The topological polar surface area (TPSA) is 77.8 Å². The van der Waals surface area contributed by atoms with Crippen molar-refractivity contribution in [3.63, 3.8) is 0 Å². The molecule has 1 aromatic carbocycles. The molecule has 0 aliphatic heterocycles. The van der Waals surface area contributed by atoms with Crippen molar-refractivity contribution in [2.45, 2.75) is 31.2 Å². The van der Waals surface area contributed by atoms with Gasteiger partial charge in [0.05, 0.1) is 16.7 Å². The lowest BCUT2D eigenvalue weighted by molar-refractivity contribution is 0.372. The van der Waals surface area contributed by atoms with E-state index in [9.17, 15) is 0 Å². The lowest BCUT2D eigenvalue weighted by Gasteiger charge is -2.17. The van der Waals surface area contributed by atoms with Crippen molar-refractivity contribution in [3.05, 3.63) is 41.0 Å². The van der Waals surface area contributed by atoms with Crippen LogP contribution in [0.15, 0.2) is 39.7 Å². The third kappa shape index (κ3) is 2.34. The van der Waals surface area contributed by atoms with Crippen LogP contribution >= 0.6 is 11.3 Å². The maximum absolute atomic E-state index is 6.39. The van der Waals surface area contributed by atoms with E-state index in [1.165, 1.54) is 0 Å². The Morgan fingerprint density at radius 1 is 1.18 bits per heavy atom. The van der Waals surface area contributed by atoms with Crippen LogP contribution in [0.1, 0.15) is 31.5 Å². The molecule has 0 spiro atoms. The molecule has 3 aromatic rings. The molecular weight excluding hydrogens is 296 g/mol. The summed E-state index contributed by atoms with van der Waals surface area (Å²) in [5.74, 6) is 1.14. The smallest absolute Gasteiger partial charge is 0.258 e. The van der Waals surface area contributed by atoms with Crippen LogP contribution in [0.2, 0.25) is 0 Å². The summed E-state index contributed by atoms with van der Waals surface area (Å²) < 4.78 is 5.44. The zero-order valence-corrected chi connectivity index (χ0v) is 12.8. The molecule has 6 heteroatoms. The van der Waals surface area contributed by atoms with Crippen molar-refractivity contribution in [2.24, 2.45) is 5.73 Å². The molecule has 0 bridgehead atoms. The van der Waals surface area contributed by atoms with Gasteiger partial charge in [-0.05, 0) is 25.0 Å². The first-order chi connectivity index (χ1) is 10.7. The minimum atomic E-state index is -0.422. The summed E-state index contributed by atoms with van der Waals surface area (Å²) in [5, 5.41) is 6.13. The lowest BCUT2D eigenvalue weighted by Crippen LogP contribution is -2.34. The van der Waals surface area contributed by atoms with Crippen molar-refractivity contribution >= 4 is 11.3 Å². The first-order valence-electron chi connectivity index (χ1n) is 7.37. The molecule has 2 heterocycles. The molecule has 1 fully saturated rings. The van der Waals surface area contributed by atoms with E-state index in [1.807, 2.05) is 35.2 Å². The molecule has 112 valence electrons. The predicted molar refractivity (Wildman–Crippen MR) is 85.2 cm³/mol. The van der Waals surface area contributed by atoms with Crippen LogP contribution in [0.3, 0.4) is 0 Å². The number of nitrogens with zero attached hydrogens (tertiary/aromatic N) is 3. The van der Waals surface area contributed by atoms with Crippen LogP contribution in [-0.2, 0) is 5.54 Å². The molecule has 2 N–H and O–H groups in total. The minimum Gasteiger partial charge on any atom is -0.334 e. The molecule has 22 heavy (non-hydrogen) atoms. The van der Waals surface area contributed by atoms with Gasteiger partial charge in [0, 0.05) is 16.5 Å². The second-order valence-electron chi connectivity index (χ2n) is 5.74. The van der Waals surface area contributed by atoms with Crippen LogP contribution in [-0.4, -0.2) is 15.1 Å². The van der Waals surface area contributed by atoms with Gasteiger partial charge in [-0.15, -0.1) is 11.3 Å². The minimum absolute atomic E-state index is 0.422. The SMILES string of the molecule is NC1(c2noc(-c3cccc(-c4cscn4)c3)n2)CCCC1. The standard InChI is InChI=1S/C16H16N4OS/c17-16(6-1-2-7-16)15-19-14(21-20-15)12-5-3-4-11(8-12)13-9-22-10-18-13/h3-5,8-10H,1-2,6-7,17H2. The summed E-state index contributed by atoms with van der Waals surface area (Å²) in [7, 11) is 0. The Balaban J connectivity index is 1.68. The van der Waals surface area contributed by atoms with E-state index in [0.717, 1.165) is 42.5 Å². The van der Waals surface area contributed by atoms with Gasteiger partial charge in [-0.3, -0.25) is 0 Å². The zero-order valence-electron chi connectivity index (χ0n) is 12.0. The largest absolute Gasteiger partial charge is 0.334 e. The maximum atomic E-state index is 6.39. The van der Waals surface area contributed by atoms with E-state index < -0.39 is 5.54 Å². The van der Waals surface area contributed by atoms with Crippen molar-refractivity contribution in [2.75, 3.05) is 0 Å². The number of nitrogens with two attached hydrogens (primary N) is 1. The van der Waals surface area contributed by atoms with E-state index in [2.05, 4.69) is 15.1 Å². The first-order valence-corrected chi connectivity index (χ1v) is 8.31.